The Kier molecular flexibility index (Phi) is 35.0. The zero-order valence-corrected chi connectivity index (χ0v) is 71.6. The largest absolute Gasteiger partial charge is 0.545 e. The van der Waals surface area contributed by atoms with Gasteiger partial charge in [0.05, 0.1) is 61.7 Å². The minimum atomic E-state index is -1.25. The van der Waals surface area contributed by atoms with Crippen molar-refractivity contribution >= 4 is 97.9 Å². The lowest BCUT2D eigenvalue weighted by Crippen LogP contribution is -2.34. The van der Waals surface area contributed by atoms with Gasteiger partial charge >= 0.3 is 29.8 Å². The van der Waals surface area contributed by atoms with E-state index in [4.69, 9.17) is 32.5 Å². The molecule has 0 radical (unpaired) electrons. The van der Waals surface area contributed by atoms with Crippen molar-refractivity contribution in [2.24, 2.45) is 0 Å². The van der Waals surface area contributed by atoms with E-state index in [1.807, 2.05) is 181 Å². The Hall–Kier alpha value is -13.4. The van der Waals surface area contributed by atoms with Crippen LogP contribution in [0.2, 0.25) is 0 Å². The molecular weight excluding hydrogens is 1590 g/mol. The number of anilines is 4. The number of esters is 4. The molecule has 27 nitrogen and oxygen atoms in total. The van der Waals surface area contributed by atoms with E-state index in [2.05, 4.69) is 28.8 Å². The summed E-state index contributed by atoms with van der Waals surface area (Å²) in [7, 11) is 0. The van der Waals surface area contributed by atoms with Crippen molar-refractivity contribution in [3.8, 4) is 56.4 Å². The molecule has 13 rings (SSSR count). The van der Waals surface area contributed by atoms with Gasteiger partial charge in [0, 0.05) is 174 Å². The molecule has 1 unspecified atom stereocenters. The summed E-state index contributed by atoms with van der Waals surface area (Å²) < 4.78 is 45.5. The van der Waals surface area contributed by atoms with E-state index in [-0.39, 0.29) is 96.0 Å². The highest BCUT2D eigenvalue weighted by atomic mass is 16.6. The molecule has 1 atom stereocenters. The number of Topliss-reactive ketones (excluding diaryl/α,β-unsaturated/α-hetero) is 3. The molecule has 4 aliphatic heterocycles. The van der Waals surface area contributed by atoms with Crippen molar-refractivity contribution in [2.75, 3.05) is 118 Å². The van der Waals surface area contributed by atoms with Crippen LogP contribution < -0.4 is 49.3 Å². The average molecular weight is 1700 g/mol. The number of aromatic carboxylic acids is 2. The molecule has 0 aromatic heterocycles. The number of carboxylic acid groups (broad SMARTS) is 2. The van der Waals surface area contributed by atoms with Crippen LogP contribution in [-0.4, -0.2) is 173 Å². The quantitative estimate of drug-likeness (QED) is 0.0177. The first kappa shape index (κ1) is 97.7. The van der Waals surface area contributed by atoms with E-state index in [9.17, 15) is 53.4 Å². The van der Waals surface area contributed by atoms with Crippen molar-refractivity contribution in [1.82, 2.24) is 9.15 Å². The lowest BCUT2D eigenvalue weighted by Gasteiger charge is -2.38. The van der Waals surface area contributed by atoms with Crippen LogP contribution in [0.3, 0.4) is 0 Å². The van der Waals surface area contributed by atoms with Crippen molar-refractivity contribution in [3.63, 3.8) is 0 Å². The number of rotatable bonds is 32. The van der Waals surface area contributed by atoms with Crippen molar-refractivity contribution in [2.45, 2.75) is 115 Å². The number of ketones is 3. The third-order valence-electron chi connectivity index (χ3n) is 21.6. The van der Waals surface area contributed by atoms with E-state index in [1.165, 1.54) is 20.8 Å². The average Bonchev–Trinajstić information content (AvgIpc) is 1.50. The van der Waals surface area contributed by atoms with E-state index in [0.29, 0.717) is 136 Å². The van der Waals surface area contributed by atoms with Gasteiger partial charge in [0.25, 0.3) is 0 Å². The molecule has 4 heterocycles. The van der Waals surface area contributed by atoms with E-state index in [0.717, 1.165) is 96.3 Å². The molecule has 0 bridgehead atoms. The number of carbonyl (C=O) groups excluding carboxylic acids is 8. The summed E-state index contributed by atoms with van der Waals surface area (Å²) >= 11 is 0. The normalized spacial score (nSPS) is 13.0. The van der Waals surface area contributed by atoms with Crippen molar-refractivity contribution in [1.29, 1.82) is 0 Å². The summed E-state index contributed by atoms with van der Waals surface area (Å²) in [4.78, 5) is 115. The minimum absolute atomic E-state index is 0. The molecule has 0 fully saturated rings. The van der Waals surface area contributed by atoms with Gasteiger partial charge in [-0.25, -0.2) is 18.7 Å². The van der Waals surface area contributed by atoms with E-state index < -0.39 is 17.5 Å². The summed E-state index contributed by atoms with van der Waals surface area (Å²) in [6.45, 7) is 29.5. The first-order valence-corrected chi connectivity index (χ1v) is 40.7. The minimum Gasteiger partial charge on any atom is -0.545 e. The van der Waals surface area contributed by atoms with Crippen LogP contribution in [0.25, 0.3) is 66.8 Å². The smallest absolute Gasteiger partial charge is 0.340 e. The van der Waals surface area contributed by atoms with Crippen LogP contribution >= 0.6 is 0 Å². The van der Waals surface area contributed by atoms with Crippen molar-refractivity contribution in [3.05, 3.63) is 226 Å². The highest BCUT2D eigenvalue weighted by molar-refractivity contribution is 6.09. The number of likely N-dealkylation sites (N-methyl/N-ethyl adjacent to an activating group) is 3. The number of carboxylic acids is 2. The van der Waals surface area contributed by atoms with E-state index in [1.54, 1.807) is 63.2 Å². The van der Waals surface area contributed by atoms with Gasteiger partial charge in [-0.05, 0) is 146 Å². The first-order chi connectivity index (χ1) is 57.7. The number of nitrogens with zero attached hydrogens (tertiary/aromatic N) is 6. The van der Waals surface area contributed by atoms with Gasteiger partial charge < -0.3 is 83.6 Å². The van der Waals surface area contributed by atoms with Gasteiger partial charge in [0.1, 0.15) is 97.5 Å². The van der Waals surface area contributed by atoms with Crippen LogP contribution in [-0.2, 0) is 53.3 Å². The maximum absolute atomic E-state index is 13.2. The Bertz CT molecular complexity index is 5550. The number of benzene rings is 9. The highest BCUT2D eigenvalue weighted by Crippen LogP contribution is 2.57. The molecule has 7 aromatic carbocycles. The first-order valence-electron chi connectivity index (χ1n) is 40.7. The highest BCUT2D eigenvalue weighted by Gasteiger charge is 2.54. The number of fused-ring (bicyclic) bond motifs is 10. The SMILES string of the molecule is C.CCN(CCOC(C)=O)c1ccc2c(-c3ccccc3C(=O)O)c3ccc(=[N+](CC)CCC(C)=O)cc-3oc2c1.CCN(CCOC(C)=O)c1ccc2c(-c3ccccc3C(=O)[O-])c3ccc(=[N+](CC)CCC(C)=O)cc-3oc2c1.CCN(CCOC(C)=O)c1ccc2c(c1)Oc1cc(N(CC)CCC(C)=O)ccc1C21OC(=O)c2ccccc21.O.O.O. The summed E-state index contributed by atoms with van der Waals surface area (Å²) in [5.41, 5.74) is 11.0. The Labute approximate surface area is 721 Å². The predicted molar refractivity (Wildman–Crippen MR) is 479 cm³/mol. The summed E-state index contributed by atoms with van der Waals surface area (Å²) in [5, 5.41) is 25.5. The van der Waals surface area contributed by atoms with Gasteiger partial charge in [0.15, 0.2) is 5.60 Å². The lowest BCUT2D eigenvalue weighted by molar-refractivity contribution is -0.255. The monoisotopic (exact) mass is 1700 g/mol. The molecule has 2 aliphatic carbocycles. The second-order valence-electron chi connectivity index (χ2n) is 29.3. The third kappa shape index (κ3) is 22.3. The maximum Gasteiger partial charge on any atom is 0.340 e. The molecular formula is C97H113N6O21+. The Morgan fingerprint density at radius 3 is 1.18 bits per heavy atom. The second-order valence-corrected chi connectivity index (χ2v) is 29.3. The summed E-state index contributed by atoms with van der Waals surface area (Å²) in [6.07, 6.45) is 1.34. The molecule has 27 heteroatoms. The van der Waals surface area contributed by atoms with Gasteiger partial charge in [-0.15, -0.1) is 0 Å². The van der Waals surface area contributed by atoms with E-state index >= 15 is 0 Å². The van der Waals surface area contributed by atoms with Crippen LogP contribution in [0.15, 0.2) is 191 Å². The Morgan fingerprint density at radius 2 is 0.790 bits per heavy atom. The molecule has 124 heavy (non-hydrogen) atoms. The van der Waals surface area contributed by atoms with Gasteiger partial charge in [-0.2, -0.15) is 0 Å². The molecule has 656 valence electrons. The second kappa shape index (κ2) is 44.4. The molecule has 0 saturated heterocycles. The fourth-order valence-electron chi connectivity index (χ4n) is 15.5. The molecule has 7 N–H and O–H groups in total. The molecule has 0 saturated carbocycles. The zero-order chi connectivity index (χ0) is 86.1. The van der Waals surface area contributed by atoms with Crippen molar-refractivity contribution < 1.29 is 102 Å². The number of carbonyl (C=O) groups is 9. The van der Waals surface area contributed by atoms with Gasteiger partial charge in [0.2, 0.25) is 10.7 Å². The number of ether oxygens (including phenoxy) is 5. The van der Waals surface area contributed by atoms with Crippen LogP contribution in [0.1, 0.15) is 158 Å². The molecule has 6 aliphatic rings. The number of hydrogen-bond donors (Lipinski definition) is 1. The van der Waals surface area contributed by atoms with Crippen LogP contribution in [0.4, 0.5) is 22.7 Å². The third-order valence-corrected chi connectivity index (χ3v) is 21.6. The topological polar surface area (TPSA) is 383 Å². The maximum atomic E-state index is 13.2. The Balaban J connectivity index is 0.000000251. The predicted octanol–water partition coefficient (Wildman–Crippen LogP) is 12.4. The van der Waals surface area contributed by atoms with Gasteiger partial charge in [-0.1, -0.05) is 68.1 Å². The summed E-state index contributed by atoms with van der Waals surface area (Å²) in [5.74, 6) is -0.827. The standard InChI is InChI=1S/3C32H34N2O6.CH4.3H2O/c1-5-33(16-15-21(3)35)23-11-13-27-29(19-23)39-30-20-24(34(6-2)17-18-38-22(4)36)12-14-28(30)32(27)26-10-8-7-9-25(26)31(37)40-32;2*1-5-33(16-15-21(3)35)23-11-13-27-29(19-23)40-30-20-24(34(6-2)17-18-39-22(4)36)12-14-28(30)31(27)25-9-7-8-10-26(25)32(37)38;;;;/h3*7-14,19-20H,5-6,15-18H2,1-4H3;1H4;3*1H2/p+1. The fraction of sp³-hybridized carbons (Fsp3) is 0.330. The summed E-state index contributed by atoms with van der Waals surface area (Å²) in [6, 6.07) is 56.5. The fourth-order valence-corrected chi connectivity index (χ4v) is 15.5. The molecule has 7 aromatic rings. The Morgan fingerprint density at radius 1 is 0.419 bits per heavy atom. The number of hydrogen-bond acceptors (Lipinski definition) is 21. The lowest BCUT2D eigenvalue weighted by atomic mass is 9.77. The van der Waals surface area contributed by atoms with Crippen LogP contribution in [0.5, 0.6) is 11.5 Å². The molecule has 1 spiro atoms. The zero-order valence-electron chi connectivity index (χ0n) is 71.6. The van der Waals surface area contributed by atoms with Crippen LogP contribution in [0, 0.1) is 0 Å². The van der Waals surface area contributed by atoms with Gasteiger partial charge in [-0.3, -0.25) is 28.8 Å². The molecule has 0 amide bonds.